The van der Waals surface area contributed by atoms with Crippen LogP contribution < -0.4 is 9.64 Å². The van der Waals surface area contributed by atoms with Gasteiger partial charge in [-0.15, -0.1) is 0 Å². The van der Waals surface area contributed by atoms with Crippen LogP contribution in [0.2, 0.25) is 0 Å². The average Bonchev–Trinajstić information content (AvgIpc) is 2.92. The Labute approximate surface area is 123 Å². The third-order valence-corrected chi connectivity index (χ3v) is 3.78. The number of carbonyl (C=O) groups is 1. The molecular weight excluding hydrogens is 269 g/mol. The third-order valence-electron chi connectivity index (χ3n) is 3.78. The molecule has 108 valence electrons. The van der Waals surface area contributed by atoms with Crippen molar-refractivity contribution in [2.45, 2.75) is 12.8 Å². The van der Waals surface area contributed by atoms with Crippen LogP contribution in [0.4, 0.5) is 10.1 Å². The van der Waals surface area contributed by atoms with E-state index in [2.05, 4.69) is 0 Å². The van der Waals surface area contributed by atoms with Crippen molar-refractivity contribution in [2.24, 2.45) is 0 Å². The van der Waals surface area contributed by atoms with Gasteiger partial charge in [0.15, 0.2) is 0 Å². The Morgan fingerprint density at radius 2 is 2.10 bits per heavy atom. The van der Waals surface area contributed by atoms with E-state index in [1.807, 2.05) is 18.2 Å². The zero-order valence-corrected chi connectivity index (χ0v) is 11.8. The van der Waals surface area contributed by atoms with E-state index in [9.17, 15) is 9.18 Å². The normalized spacial score (nSPS) is 13.1. The number of fused-ring (bicyclic) bond motifs is 1. The number of anilines is 1. The number of amides is 1. The molecule has 0 fully saturated rings. The Balaban J connectivity index is 1.81. The van der Waals surface area contributed by atoms with Crippen LogP contribution in [-0.4, -0.2) is 19.6 Å². The molecule has 0 N–H and O–H groups in total. The Bertz CT molecular complexity index is 684. The van der Waals surface area contributed by atoms with E-state index in [4.69, 9.17) is 4.74 Å². The second kappa shape index (κ2) is 5.56. The fourth-order valence-corrected chi connectivity index (χ4v) is 2.66. The molecule has 0 aliphatic carbocycles. The molecule has 3 nitrogen and oxygen atoms in total. The van der Waals surface area contributed by atoms with Crippen LogP contribution in [0, 0.1) is 5.82 Å². The molecule has 3 rings (SSSR count). The first-order valence-electron chi connectivity index (χ1n) is 6.89. The van der Waals surface area contributed by atoms with Crippen LogP contribution in [0.5, 0.6) is 5.75 Å². The molecule has 0 spiro atoms. The van der Waals surface area contributed by atoms with Crippen molar-refractivity contribution in [1.82, 2.24) is 0 Å². The first kappa shape index (κ1) is 13.6. The van der Waals surface area contributed by atoms with Gasteiger partial charge in [0, 0.05) is 12.2 Å². The average molecular weight is 285 g/mol. The molecule has 0 unspecified atom stereocenters. The van der Waals surface area contributed by atoms with Crippen molar-refractivity contribution < 1.29 is 13.9 Å². The minimum absolute atomic E-state index is 0.0796. The number of hydrogen-bond acceptors (Lipinski definition) is 2. The molecule has 1 aliphatic heterocycles. The van der Waals surface area contributed by atoms with Crippen molar-refractivity contribution in [3.63, 3.8) is 0 Å². The van der Waals surface area contributed by atoms with Crippen LogP contribution in [0.15, 0.2) is 42.5 Å². The third kappa shape index (κ3) is 2.61. The highest BCUT2D eigenvalue weighted by Gasteiger charge is 2.25. The number of methoxy groups -OCH3 is 1. The zero-order valence-electron chi connectivity index (χ0n) is 11.8. The molecule has 0 aromatic heterocycles. The highest BCUT2D eigenvalue weighted by molar-refractivity contribution is 5.96. The number of carbonyl (C=O) groups excluding carboxylic acids is 1. The monoisotopic (exact) mass is 285 g/mol. The van der Waals surface area contributed by atoms with Crippen molar-refractivity contribution in [2.75, 3.05) is 18.6 Å². The van der Waals surface area contributed by atoms with Crippen molar-refractivity contribution in [1.29, 1.82) is 0 Å². The Kier molecular flexibility index (Phi) is 3.60. The first-order chi connectivity index (χ1) is 10.2. The molecule has 21 heavy (non-hydrogen) atoms. The molecule has 0 saturated heterocycles. The lowest BCUT2D eigenvalue weighted by Gasteiger charge is -2.17. The van der Waals surface area contributed by atoms with E-state index in [1.54, 1.807) is 30.2 Å². The summed E-state index contributed by atoms with van der Waals surface area (Å²) in [6.07, 6.45) is 0.883. The van der Waals surface area contributed by atoms with E-state index >= 15 is 0 Å². The molecule has 4 heteroatoms. The number of hydrogen-bond donors (Lipinski definition) is 0. The second-order valence-electron chi connectivity index (χ2n) is 5.06. The summed E-state index contributed by atoms with van der Waals surface area (Å²) in [4.78, 5) is 14.1. The van der Waals surface area contributed by atoms with Crippen LogP contribution >= 0.6 is 0 Å². The lowest BCUT2D eigenvalue weighted by atomic mass is 10.1. The summed E-state index contributed by atoms with van der Waals surface area (Å²) in [5.41, 5.74) is 2.43. The number of nitrogens with zero attached hydrogens (tertiary/aromatic N) is 1. The van der Waals surface area contributed by atoms with Crippen molar-refractivity contribution in [3.8, 4) is 5.75 Å². The zero-order chi connectivity index (χ0) is 14.8. The van der Waals surface area contributed by atoms with Crippen LogP contribution in [0.1, 0.15) is 11.1 Å². The minimum Gasteiger partial charge on any atom is -0.497 e. The fourth-order valence-electron chi connectivity index (χ4n) is 2.66. The molecule has 0 radical (unpaired) electrons. The standard InChI is InChI=1S/C17H16FNO2/c1-21-14-6-7-16-13(10-14)8-9-19(16)17(20)11-12-4-2-3-5-15(12)18/h2-7,10H,8-9,11H2,1H3. The highest BCUT2D eigenvalue weighted by Crippen LogP contribution is 2.31. The number of rotatable bonds is 3. The van der Waals surface area contributed by atoms with E-state index in [0.717, 1.165) is 23.4 Å². The van der Waals surface area contributed by atoms with Gasteiger partial charge < -0.3 is 9.64 Å². The molecule has 1 heterocycles. The molecular formula is C17H16FNO2. The molecule has 1 amide bonds. The van der Waals surface area contributed by atoms with E-state index in [-0.39, 0.29) is 18.1 Å². The van der Waals surface area contributed by atoms with Crippen molar-refractivity contribution in [3.05, 3.63) is 59.4 Å². The maximum atomic E-state index is 13.6. The van der Waals surface area contributed by atoms with Gasteiger partial charge in [-0.1, -0.05) is 18.2 Å². The molecule has 2 aromatic rings. The maximum absolute atomic E-state index is 13.6. The fraction of sp³-hybridized carbons (Fsp3) is 0.235. The van der Waals surface area contributed by atoms with Gasteiger partial charge in [0.25, 0.3) is 0 Å². The van der Waals surface area contributed by atoms with Gasteiger partial charge >= 0.3 is 0 Å². The summed E-state index contributed by atoms with van der Waals surface area (Å²) in [5.74, 6) is 0.376. The summed E-state index contributed by atoms with van der Waals surface area (Å²) in [7, 11) is 1.62. The number of ether oxygens (including phenoxy) is 1. The van der Waals surface area contributed by atoms with E-state index in [1.165, 1.54) is 6.07 Å². The molecule has 0 bridgehead atoms. The van der Waals surface area contributed by atoms with Crippen LogP contribution in [-0.2, 0) is 17.6 Å². The topological polar surface area (TPSA) is 29.5 Å². The first-order valence-corrected chi connectivity index (χ1v) is 6.89. The van der Waals surface area contributed by atoms with E-state index in [0.29, 0.717) is 12.1 Å². The van der Waals surface area contributed by atoms with Gasteiger partial charge in [0.1, 0.15) is 11.6 Å². The van der Waals surface area contributed by atoms with Gasteiger partial charge in [-0.25, -0.2) is 4.39 Å². The maximum Gasteiger partial charge on any atom is 0.231 e. The highest BCUT2D eigenvalue weighted by atomic mass is 19.1. The van der Waals surface area contributed by atoms with Crippen molar-refractivity contribution >= 4 is 11.6 Å². The predicted octanol–water partition coefficient (Wildman–Crippen LogP) is 2.97. The molecule has 2 aromatic carbocycles. The number of benzene rings is 2. The number of halogens is 1. The summed E-state index contributed by atoms with van der Waals surface area (Å²) < 4.78 is 18.8. The molecule has 0 saturated carbocycles. The summed E-state index contributed by atoms with van der Waals surface area (Å²) in [6, 6.07) is 12.1. The van der Waals surface area contributed by atoms with Gasteiger partial charge in [-0.2, -0.15) is 0 Å². The molecule has 1 aliphatic rings. The lowest BCUT2D eigenvalue weighted by molar-refractivity contribution is -0.117. The van der Waals surface area contributed by atoms with E-state index < -0.39 is 0 Å². The van der Waals surface area contributed by atoms with Crippen LogP contribution in [0.3, 0.4) is 0 Å². The van der Waals surface area contributed by atoms with Crippen LogP contribution in [0.25, 0.3) is 0 Å². The summed E-state index contributed by atoms with van der Waals surface area (Å²) >= 11 is 0. The Hall–Kier alpha value is -2.36. The van der Waals surface area contributed by atoms with Gasteiger partial charge in [0.05, 0.1) is 13.5 Å². The van der Waals surface area contributed by atoms with Gasteiger partial charge in [-0.3, -0.25) is 4.79 Å². The second-order valence-corrected chi connectivity index (χ2v) is 5.06. The smallest absolute Gasteiger partial charge is 0.231 e. The largest absolute Gasteiger partial charge is 0.497 e. The quantitative estimate of drug-likeness (QED) is 0.867. The minimum atomic E-state index is -0.333. The molecule has 0 atom stereocenters. The summed E-state index contributed by atoms with van der Waals surface area (Å²) in [5, 5.41) is 0. The van der Waals surface area contributed by atoms with Gasteiger partial charge in [-0.05, 0) is 41.8 Å². The van der Waals surface area contributed by atoms with Gasteiger partial charge in [0.2, 0.25) is 5.91 Å². The Morgan fingerprint density at radius 1 is 1.29 bits per heavy atom. The summed E-state index contributed by atoms with van der Waals surface area (Å²) in [6.45, 7) is 0.635. The predicted molar refractivity (Wildman–Crippen MR) is 79.2 cm³/mol. The Morgan fingerprint density at radius 3 is 2.86 bits per heavy atom. The SMILES string of the molecule is COc1ccc2c(c1)CCN2C(=O)Cc1ccccc1F. The lowest BCUT2D eigenvalue weighted by Crippen LogP contribution is -2.30.